The number of rotatable bonds is 5. The number of likely N-dealkylation sites (N-methyl/N-ethyl adjacent to an activating group) is 1. The Balaban J connectivity index is 0.00000245. The van der Waals surface area contributed by atoms with E-state index in [-0.39, 0.29) is 12.4 Å². The zero-order valence-corrected chi connectivity index (χ0v) is 19.6. The molecule has 1 fully saturated rings. The fourth-order valence-electron chi connectivity index (χ4n) is 4.02. The molecule has 0 amide bonds. The zero-order chi connectivity index (χ0) is 21.2. The Hall–Kier alpha value is -2.67. The topological polar surface area (TPSA) is 49.6 Å². The molecule has 8 heteroatoms. The average molecular weight is 469 g/mol. The predicted molar refractivity (Wildman–Crippen MR) is 132 cm³/mol. The number of benzene rings is 1. The second-order valence-electron chi connectivity index (χ2n) is 8.02. The lowest BCUT2D eigenvalue weighted by Crippen LogP contribution is -2.45. The van der Waals surface area contributed by atoms with Gasteiger partial charge in [-0.3, -0.25) is 9.38 Å². The molecule has 1 aliphatic heterocycles. The number of piperazine rings is 1. The lowest BCUT2D eigenvalue weighted by atomic mass is 10.1. The molecule has 0 bridgehead atoms. The van der Waals surface area contributed by atoms with E-state index in [0.29, 0.717) is 0 Å². The summed E-state index contributed by atoms with van der Waals surface area (Å²) in [7, 11) is 2.16. The highest BCUT2D eigenvalue weighted by molar-refractivity contribution is 6.30. The molecule has 0 spiro atoms. The molecular formula is C24H26Cl2N6. The number of halogens is 2. The molecule has 1 aromatic carbocycles. The Morgan fingerprint density at radius 1 is 0.938 bits per heavy atom. The monoisotopic (exact) mass is 468 g/mol. The second-order valence-corrected chi connectivity index (χ2v) is 8.46. The molecule has 0 atom stereocenters. The number of nitrogens with zero attached hydrogens (tertiary/aromatic N) is 6. The quantitative estimate of drug-likeness (QED) is 0.434. The molecule has 6 nitrogen and oxygen atoms in total. The van der Waals surface area contributed by atoms with Crippen molar-refractivity contribution in [3.05, 3.63) is 77.3 Å². The van der Waals surface area contributed by atoms with Gasteiger partial charge in [0.25, 0.3) is 0 Å². The smallest absolute Gasteiger partial charge is 0.180 e. The van der Waals surface area contributed by atoms with Gasteiger partial charge in [-0.25, -0.2) is 9.97 Å². The third kappa shape index (κ3) is 4.72. The first-order valence-corrected chi connectivity index (χ1v) is 11.0. The second kappa shape index (κ2) is 9.86. The number of imidazole rings is 1. The van der Waals surface area contributed by atoms with Crippen LogP contribution in [0.15, 0.2) is 61.1 Å². The molecular weight excluding hydrogens is 443 g/mol. The normalized spacial score (nSPS) is 14.5. The minimum Gasteiger partial charge on any atom is -0.351 e. The Kier molecular flexibility index (Phi) is 6.94. The standard InChI is InChI=1S/C24H25ClN6.ClH/c1-29-13-15-30(16-14-29)23-24-27-17-22(31(24)12-11-26-23)21-4-2-3-20(28-21)10-7-18-5-8-19(25)9-6-18;/h2-6,8-9,11-12,17H,7,10,13-16H2,1H3;1H. The number of aryl methyl sites for hydroxylation is 2. The number of hydrogen-bond donors (Lipinski definition) is 0. The highest BCUT2D eigenvalue weighted by atomic mass is 35.5. The maximum Gasteiger partial charge on any atom is 0.180 e. The van der Waals surface area contributed by atoms with Crippen LogP contribution >= 0.6 is 24.0 Å². The van der Waals surface area contributed by atoms with Crippen LogP contribution in [0.4, 0.5) is 5.82 Å². The first kappa shape index (κ1) is 22.5. The molecule has 32 heavy (non-hydrogen) atoms. The summed E-state index contributed by atoms with van der Waals surface area (Å²) in [5, 5.41) is 0.766. The summed E-state index contributed by atoms with van der Waals surface area (Å²) < 4.78 is 2.10. The summed E-state index contributed by atoms with van der Waals surface area (Å²) in [6, 6.07) is 14.2. The van der Waals surface area contributed by atoms with Crippen LogP contribution in [0.3, 0.4) is 0 Å². The van der Waals surface area contributed by atoms with E-state index < -0.39 is 0 Å². The maximum atomic E-state index is 5.99. The van der Waals surface area contributed by atoms with Crippen LogP contribution in [-0.4, -0.2) is 57.5 Å². The van der Waals surface area contributed by atoms with Gasteiger partial charge in [0, 0.05) is 49.3 Å². The van der Waals surface area contributed by atoms with Crippen molar-refractivity contribution >= 4 is 35.5 Å². The van der Waals surface area contributed by atoms with Crippen molar-refractivity contribution in [3.8, 4) is 11.4 Å². The van der Waals surface area contributed by atoms with Gasteiger partial charge in [-0.05, 0) is 49.7 Å². The highest BCUT2D eigenvalue weighted by Gasteiger charge is 2.20. The first-order valence-electron chi connectivity index (χ1n) is 10.6. The van der Waals surface area contributed by atoms with Gasteiger partial charge >= 0.3 is 0 Å². The van der Waals surface area contributed by atoms with Crippen LogP contribution in [0.1, 0.15) is 11.3 Å². The summed E-state index contributed by atoms with van der Waals surface area (Å²) in [5.41, 5.74) is 5.12. The van der Waals surface area contributed by atoms with Crippen LogP contribution in [-0.2, 0) is 12.8 Å². The van der Waals surface area contributed by atoms with Crippen LogP contribution in [0.5, 0.6) is 0 Å². The molecule has 3 aromatic heterocycles. The third-order valence-electron chi connectivity index (χ3n) is 5.86. The maximum absolute atomic E-state index is 5.99. The molecule has 0 unspecified atom stereocenters. The van der Waals surface area contributed by atoms with Crippen molar-refractivity contribution in [1.82, 2.24) is 24.3 Å². The minimum atomic E-state index is 0. The number of fused-ring (bicyclic) bond motifs is 1. The van der Waals surface area contributed by atoms with Crippen molar-refractivity contribution < 1.29 is 0 Å². The van der Waals surface area contributed by atoms with Crippen molar-refractivity contribution in [2.45, 2.75) is 12.8 Å². The van der Waals surface area contributed by atoms with Crippen LogP contribution < -0.4 is 4.90 Å². The van der Waals surface area contributed by atoms with E-state index in [2.05, 4.69) is 50.5 Å². The van der Waals surface area contributed by atoms with E-state index >= 15 is 0 Å². The summed E-state index contributed by atoms with van der Waals surface area (Å²) in [5.74, 6) is 0.945. The molecule has 0 radical (unpaired) electrons. The fourth-order valence-corrected chi connectivity index (χ4v) is 4.15. The van der Waals surface area contributed by atoms with E-state index in [1.54, 1.807) is 0 Å². The molecule has 4 heterocycles. The lowest BCUT2D eigenvalue weighted by molar-refractivity contribution is 0.312. The van der Waals surface area contributed by atoms with Gasteiger partial charge in [0.15, 0.2) is 11.5 Å². The number of hydrogen-bond acceptors (Lipinski definition) is 5. The summed E-state index contributed by atoms with van der Waals surface area (Å²) >= 11 is 5.99. The highest BCUT2D eigenvalue weighted by Crippen LogP contribution is 2.25. The molecule has 166 valence electrons. The number of aromatic nitrogens is 4. The largest absolute Gasteiger partial charge is 0.351 e. The Bertz CT molecular complexity index is 1180. The van der Waals surface area contributed by atoms with Gasteiger partial charge in [0.05, 0.1) is 17.6 Å². The van der Waals surface area contributed by atoms with Crippen LogP contribution in [0, 0.1) is 0 Å². The van der Waals surface area contributed by atoms with Crippen LogP contribution in [0.25, 0.3) is 17.0 Å². The van der Waals surface area contributed by atoms with E-state index in [9.17, 15) is 0 Å². The van der Waals surface area contributed by atoms with Gasteiger partial charge < -0.3 is 9.80 Å². The van der Waals surface area contributed by atoms with Gasteiger partial charge in [0.2, 0.25) is 0 Å². The molecule has 0 aliphatic carbocycles. The Morgan fingerprint density at radius 2 is 1.72 bits per heavy atom. The van der Waals surface area contributed by atoms with Gasteiger partial charge in [-0.15, -0.1) is 12.4 Å². The van der Waals surface area contributed by atoms with E-state index in [4.69, 9.17) is 21.6 Å². The molecule has 0 N–H and O–H groups in total. The van der Waals surface area contributed by atoms with Crippen molar-refractivity contribution in [2.75, 3.05) is 38.1 Å². The Morgan fingerprint density at radius 3 is 2.50 bits per heavy atom. The molecule has 1 aliphatic rings. The minimum absolute atomic E-state index is 0. The van der Waals surface area contributed by atoms with E-state index in [0.717, 1.165) is 72.6 Å². The van der Waals surface area contributed by atoms with Crippen molar-refractivity contribution in [2.24, 2.45) is 0 Å². The van der Waals surface area contributed by atoms with Crippen molar-refractivity contribution in [1.29, 1.82) is 0 Å². The predicted octanol–water partition coefficient (Wildman–Crippen LogP) is 4.40. The number of pyridine rings is 1. The van der Waals surface area contributed by atoms with Crippen LogP contribution in [0.2, 0.25) is 5.02 Å². The average Bonchev–Trinajstić information content (AvgIpc) is 3.24. The summed E-state index contributed by atoms with van der Waals surface area (Å²) in [6.45, 7) is 3.99. The van der Waals surface area contributed by atoms with Gasteiger partial charge in [-0.1, -0.05) is 29.8 Å². The number of anilines is 1. The molecule has 5 rings (SSSR count). The summed E-state index contributed by atoms with van der Waals surface area (Å²) in [6.07, 6.45) is 7.54. The molecule has 4 aromatic rings. The van der Waals surface area contributed by atoms with Gasteiger partial charge in [-0.2, -0.15) is 0 Å². The zero-order valence-electron chi connectivity index (χ0n) is 18.0. The molecule has 0 saturated carbocycles. The lowest BCUT2D eigenvalue weighted by Gasteiger charge is -2.33. The van der Waals surface area contributed by atoms with Crippen molar-refractivity contribution in [3.63, 3.8) is 0 Å². The van der Waals surface area contributed by atoms with E-state index in [1.807, 2.05) is 36.8 Å². The fraction of sp³-hybridized carbons (Fsp3) is 0.292. The third-order valence-corrected chi connectivity index (χ3v) is 6.12. The Labute approximate surface area is 199 Å². The SMILES string of the molecule is CN1CCN(c2nccn3c(-c4cccc(CCc5ccc(Cl)cc5)n4)cnc23)CC1.Cl. The first-order chi connectivity index (χ1) is 15.2. The summed E-state index contributed by atoms with van der Waals surface area (Å²) in [4.78, 5) is 18.9. The molecule has 1 saturated heterocycles. The van der Waals surface area contributed by atoms with E-state index in [1.165, 1.54) is 5.56 Å². The van der Waals surface area contributed by atoms with Gasteiger partial charge in [0.1, 0.15) is 0 Å².